The Morgan fingerprint density at radius 1 is 0.870 bits per heavy atom. The maximum Gasteiger partial charge on any atom is 0.0296 e. The van der Waals surface area contributed by atoms with Gasteiger partial charge in [-0.2, -0.15) is 0 Å². The minimum absolute atomic E-state index is 0.287. The first-order chi connectivity index (χ1) is 11.1. The monoisotopic (exact) mass is 304 g/mol. The second-order valence-corrected chi connectivity index (χ2v) is 6.72. The Bertz CT molecular complexity index is 582. The van der Waals surface area contributed by atoms with Crippen LogP contribution in [0.1, 0.15) is 50.2 Å². The Balaban J connectivity index is 2.15. The Hall–Kier alpha value is -2.08. The van der Waals surface area contributed by atoms with Gasteiger partial charge in [0.05, 0.1) is 0 Å². The minimum atomic E-state index is 0.287. The lowest BCUT2D eigenvalue weighted by molar-refractivity contribution is 0.522. The Kier molecular flexibility index (Phi) is 6.40. The van der Waals surface area contributed by atoms with Crippen molar-refractivity contribution in [2.75, 3.05) is 0 Å². The van der Waals surface area contributed by atoms with E-state index in [9.17, 15) is 0 Å². The van der Waals surface area contributed by atoms with E-state index in [4.69, 9.17) is 0 Å². The average Bonchev–Trinajstić information content (AvgIpc) is 2.55. The predicted molar refractivity (Wildman–Crippen MR) is 102 cm³/mol. The molecule has 0 heteroatoms. The van der Waals surface area contributed by atoms with Gasteiger partial charge in [-0.1, -0.05) is 85.3 Å². The van der Waals surface area contributed by atoms with Crippen molar-refractivity contribution in [3.05, 3.63) is 96.1 Å². The van der Waals surface area contributed by atoms with Crippen LogP contribution in [0.2, 0.25) is 0 Å². The van der Waals surface area contributed by atoms with Crippen LogP contribution in [0.15, 0.2) is 85.0 Å². The zero-order valence-electron chi connectivity index (χ0n) is 14.5. The molecule has 0 nitrogen and oxygen atoms in total. The lowest BCUT2D eigenvalue weighted by Crippen LogP contribution is -2.06. The Morgan fingerprint density at radius 2 is 1.35 bits per heavy atom. The first kappa shape index (κ1) is 17.3. The number of rotatable bonds is 8. The standard InChI is InChI=1S/C23H28/c1-18(2)17-19(3)15-16-20(4)23(21-11-7-5-8-12-21)22-13-9-6-10-14-22/h5-14,19,23H,1,4,15-17H2,2-3H3. The molecule has 0 N–H and O–H groups in total. The molecule has 0 saturated carbocycles. The smallest absolute Gasteiger partial charge is 0.0296 e. The minimum Gasteiger partial charge on any atom is -0.100 e. The van der Waals surface area contributed by atoms with Crippen LogP contribution < -0.4 is 0 Å². The highest BCUT2D eigenvalue weighted by Crippen LogP contribution is 2.34. The van der Waals surface area contributed by atoms with E-state index in [1.165, 1.54) is 28.7 Å². The van der Waals surface area contributed by atoms with Crippen molar-refractivity contribution in [3.8, 4) is 0 Å². The highest BCUT2D eigenvalue weighted by molar-refractivity contribution is 5.39. The summed E-state index contributed by atoms with van der Waals surface area (Å²) >= 11 is 0. The molecule has 2 aromatic carbocycles. The number of hydrogen-bond acceptors (Lipinski definition) is 0. The van der Waals surface area contributed by atoms with Gasteiger partial charge in [-0.15, -0.1) is 6.58 Å². The van der Waals surface area contributed by atoms with Gasteiger partial charge in [-0.25, -0.2) is 0 Å². The van der Waals surface area contributed by atoms with E-state index in [2.05, 4.69) is 87.7 Å². The predicted octanol–water partition coefficient (Wildman–Crippen LogP) is 6.76. The molecule has 2 aromatic rings. The molecule has 2 rings (SSSR count). The topological polar surface area (TPSA) is 0 Å². The molecule has 0 spiro atoms. The van der Waals surface area contributed by atoms with Crippen LogP contribution in [0, 0.1) is 5.92 Å². The molecule has 0 fully saturated rings. The van der Waals surface area contributed by atoms with E-state index >= 15 is 0 Å². The molecule has 23 heavy (non-hydrogen) atoms. The van der Waals surface area contributed by atoms with Crippen molar-refractivity contribution in [2.24, 2.45) is 5.92 Å². The van der Waals surface area contributed by atoms with Gasteiger partial charge in [0, 0.05) is 5.92 Å². The van der Waals surface area contributed by atoms with Crippen LogP contribution in [0.5, 0.6) is 0 Å². The third-order valence-electron chi connectivity index (χ3n) is 4.33. The van der Waals surface area contributed by atoms with Gasteiger partial charge >= 0.3 is 0 Å². The van der Waals surface area contributed by atoms with Gasteiger partial charge in [0.25, 0.3) is 0 Å². The Labute approximate surface area is 141 Å². The van der Waals surface area contributed by atoms with Crippen molar-refractivity contribution in [1.82, 2.24) is 0 Å². The van der Waals surface area contributed by atoms with E-state index in [0.717, 1.165) is 12.8 Å². The normalized spacial score (nSPS) is 12.1. The first-order valence-corrected chi connectivity index (χ1v) is 8.50. The SMILES string of the molecule is C=C(C)CC(C)CCC(=C)C(c1ccccc1)c1ccccc1. The van der Waals surface area contributed by atoms with Gasteiger partial charge in [0.2, 0.25) is 0 Å². The van der Waals surface area contributed by atoms with Gasteiger partial charge in [0.15, 0.2) is 0 Å². The molecular formula is C23H28. The van der Waals surface area contributed by atoms with Crippen molar-refractivity contribution in [2.45, 2.75) is 39.0 Å². The van der Waals surface area contributed by atoms with Crippen molar-refractivity contribution in [1.29, 1.82) is 0 Å². The molecule has 0 heterocycles. The van der Waals surface area contributed by atoms with Gasteiger partial charge in [-0.3, -0.25) is 0 Å². The average molecular weight is 304 g/mol. The summed E-state index contributed by atoms with van der Waals surface area (Å²) < 4.78 is 0. The molecule has 0 radical (unpaired) electrons. The number of allylic oxidation sites excluding steroid dienone is 2. The maximum absolute atomic E-state index is 4.44. The summed E-state index contributed by atoms with van der Waals surface area (Å²) in [4.78, 5) is 0. The summed E-state index contributed by atoms with van der Waals surface area (Å²) in [6, 6.07) is 21.4. The van der Waals surface area contributed by atoms with Crippen LogP contribution in [0.3, 0.4) is 0 Å². The maximum atomic E-state index is 4.44. The summed E-state index contributed by atoms with van der Waals surface area (Å²) in [6.45, 7) is 12.9. The van der Waals surface area contributed by atoms with E-state index in [0.29, 0.717) is 5.92 Å². The lowest BCUT2D eigenvalue weighted by atomic mass is 9.82. The van der Waals surface area contributed by atoms with Crippen LogP contribution in [0.4, 0.5) is 0 Å². The quantitative estimate of drug-likeness (QED) is 0.473. The molecule has 1 atom stereocenters. The molecule has 0 amide bonds. The van der Waals surface area contributed by atoms with Crippen molar-refractivity contribution in [3.63, 3.8) is 0 Å². The largest absolute Gasteiger partial charge is 0.100 e. The van der Waals surface area contributed by atoms with Crippen LogP contribution in [-0.2, 0) is 0 Å². The summed E-state index contributed by atoms with van der Waals surface area (Å²) in [7, 11) is 0. The Morgan fingerprint density at radius 3 is 1.78 bits per heavy atom. The zero-order chi connectivity index (χ0) is 16.7. The summed E-state index contributed by atoms with van der Waals surface area (Å²) in [6.07, 6.45) is 3.33. The summed E-state index contributed by atoms with van der Waals surface area (Å²) in [5, 5.41) is 0. The van der Waals surface area contributed by atoms with Gasteiger partial charge in [-0.05, 0) is 43.2 Å². The highest BCUT2D eigenvalue weighted by atomic mass is 14.2. The first-order valence-electron chi connectivity index (χ1n) is 8.50. The fraction of sp³-hybridized carbons (Fsp3) is 0.304. The van der Waals surface area contributed by atoms with Crippen LogP contribution >= 0.6 is 0 Å². The fourth-order valence-corrected chi connectivity index (χ4v) is 3.23. The van der Waals surface area contributed by atoms with E-state index in [1.807, 2.05) is 0 Å². The van der Waals surface area contributed by atoms with Gasteiger partial charge < -0.3 is 0 Å². The summed E-state index contributed by atoms with van der Waals surface area (Å²) in [5.41, 5.74) is 5.23. The van der Waals surface area contributed by atoms with Crippen LogP contribution in [-0.4, -0.2) is 0 Å². The number of hydrogen-bond donors (Lipinski definition) is 0. The van der Waals surface area contributed by atoms with Crippen LogP contribution in [0.25, 0.3) is 0 Å². The molecule has 120 valence electrons. The molecule has 0 aromatic heterocycles. The lowest BCUT2D eigenvalue weighted by Gasteiger charge is -2.22. The molecule has 0 aliphatic carbocycles. The molecule has 0 bridgehead atoms. The zero-order valence-corrected chi connectivity index (χ0v) is 14.5. The van der Waals surface area contributed by atoms with E-state index in [-0.39, 0.29) is 5.92 Å². The third-order valence-corrected chi connectivity index (χ3v) is 4.33. The molecule has 1 unspecified atom stereocenters. The third kappa shape index (κ3) is 5.25. The van der Waals surface area contributed by atoms with Gasteiger partial charge in [0.1, 0.15) is 0 Å². The van der Waals surface area contributed by atoms with E-state index < -0.39 is 0 Å². The molecule has 0 aliphatic rings. The second-order valence-electron chi connectivity index (χ2n) is 6.72. The molecule has 0 aliphatic heterocycles. The molecular weight excluding hydrogens is 276 g/mol. The second kappa shape index (κ2) is 8.53. The number of benzene rings is 2. The summed E-state index contributed by atoms with van der Waals surface area (Å²) in [5.74, 6) is 0.950. The van der Waals surface area contributed by atoms with Crippen molar-refractivity contribution >= 4 is 0 Å². The highest BCUT2D eigenvalue weighted by Gasteiger charge is 2.17. The fourth-order valence-electron chi connectivity index (χ4n) is 3.23. The molecule has 0 saturated heterocycles. The van der Waals surface area contributed by atoms with Crippen molar-refractivity contribution < 1.29 is 0 Å². The van der Waals surface area contributed by atoms with E-state index in [1.54, 1.807) is 0 Å².